The van der Waals surface area contributed by atoms with Crippen LogP contribution in [0.2, 0.25) is 0 Å². The molecule has 9 nitrogen and oxygen atoms in total. The van der Waals surface area contributed by atoms with Gasteiger partial charge in [0.05, 0.1) is 17.7 Å². The summed E-state index contributed by atoms with van der Waals surface area (Å²) < 4.78 is 5.39. The fourth-order valence-electron chi connectivity index (χ4n) is 3.75. The number of benzene rings is 2. The summed E-state index contributed by atoms with van der Waals surface area (Å²) in [7, 11) is 1.62. The fraction of sp³-hybridized carbons (Fsp3) is 0.261. The number of hydrogen-bond acceptors (Lipinski definition) is 7. The van der Waals surface area contributed by atoms with E-state index in [0.717, 1.165) is 22.8 Å². The van der Waals surface area contributed by atoms with Gasteiger partial charge in [0.25, 0.3) is 11.6 Å². The Hall–Kier alpha value is -4.01. The van der Waals surface area contributed by atoms with Crippen molar-refractivity contribution in [2.24, 2.45) is 0 Å². The van der Waals surface area contributed by atoms with E-state index in [1.54, 1.807) is 31.1 Å². The lowest BCUT2D eigenvalue weighted by Gasteiger charge is -2.35. The van der Waals surface area contributed by atoms with E-state index in [1.165, 1.54) is 6.07 Å². The normalized spacial score (nSPS) is 13.7. The van der Waals surface area contributed by atoms with Crippen molar-refractivity contribution in [3.8, 4) is 17.0 Å². The minimum absolute atomic E-state index is 0.0418. The number of ether oxygens (including phenoxy) is 1. The standard InChI is InChI=1S/C23H23N5O4/c1-16-7-8-17(15-20(16)28(30)31)23(29)27-13-11-26(12-14-27)22-10-9-19(24-25-22)18-5-3-4-6-21(18)32-2/h3-10,15H,11-14H2,1-2H3. The van der Waals surface area contributed by atoms with E-state index in [9.17, 15) is 14.9 Å². The maximum absolute atomic E-state index is 12.8. The van der Waals surface area contributed by atoms with Gasteiger partial charge < -0.3 is 14.5 Å². The first-order valence-corrected chi connectivity index (χ1v) is 10.2. The number of nitrogens with zero attached hydrogens (tertiary/aromatic N) is 5. The zero-order valence-electron chi connectivity index (χ0n) is 17.9. The van der Waals surface area contributed by atoms with Crippen LogP contribution in [0.25, 0.3) is 11.3 Å². The minimum Gasteiger partial charge on any atom is -0.496 e. The van der Waals surface area contributed by atoms with E-state index < -0.39 is 4.92 Å². The highest BCUT2D eigenvalue weighted by atomic mass is 16.6. The Morgan fingerprint density at radius 1 is 1.03 bits per heavy atom. The number of piperazine rings is 1. The quantitative estimate of drug-likeness (QED) is 0.449. The Bertz CT molecular complexity index is 1140. The average Bonchev–Trinajstić information content (AvgIpc) is 2.84. The summed E-state index contributed by atoms with van der Waals surface area (Å²) in [6.45, 7) is 3.85. The van der Waals surface area contributed by atoms with Crippen LogP contribution in [-0.4, -0.2) is 59.2 Å². The van der Waals surface area contributed by atoms with E-state index >= 15 is 0 Å². The molecule has 3 aromatic rings. The van der Waals surface area contributed by atoms with Crippen molar-refractivity contribution < 1.29 is 14.5 Å². The number of rotatable bonds is 5. The van der Waals surface area contributed by atoms with Gasteiger partial charge >= 0.3 is 0 Å². The van der Waals surface area contributed by atoms with Crippen molar-refractivity contribution in [1.29, 1.82) is 0 Å². The molecule has 1 fully saturated rings. The van der Waals surface area contributed by atoms with Gasteiger partial charge in [0.1, 0.15) is 5.75 Å². The molecular formula is C23H23N5O4. The Morgan fingerprint density at radius 3 is 2.44 bits per heavy atom. The Kier molecular flexibility index (Phi) is 5.98. The molecule has 1 aliphatic rings. The number of carbonyl (C=O) groups is 1. The van der Waals surface area contributed by atoms with E-state index in [2.05, 4.69) is 15.1 Å². The third kappa shape index (κ3) is 4.22. The van der Waals surface area contributed by atoms with E-state index in [1.807, 2.05) is 36.4 Å². The van der Waals surface area contributed by atoms with Crippen LogP contribution in [0.5, 0.6) is 5.75 Å². The van der Waals surface area contributed by atoms with Gasteiger partial charge in [-0.2, -0.15) is 0 Å². The van der Waals surface area contributed by atoms with Crippen molar-refractivity contribution in [2.45, 2.75) is 6.92 Å². The number of nitro groups is 1. The molecule has 4 rings (SSSR count). The van der Waals surface area contributed by atoms with Gasteiger partial charge in [0.15, 0.2) is 5.82 Å². The third-order valence-electron chi connectivity index (χ3n) is 5.58. The third-order valence-corrected chi connectivity index (χ3v) is 5.58. The second kappa shape index (κ2) is 9.01. The fourth-order valence-corrected chi connectivity index (χ4v) is 3.75. The topological polar surface area (TPSA) is 102 Å². The van der Waals surface area contributed by atoms with Crippen molar-refractivity contribution in [3.05, 3.63) is 75.8 Å². The monoisotopic (exact) mass is 433 g/mol. The van der Waals surface area contributed by atoms with Gasteiger partial charge in [-0.15, -0.1) is 10.2 Å². The summed E-state index contributed by atoms with van der Waals surface area (Å²) >= 11 is 0. The van der Waals surface area contributed by atoms with Crippen LogP contribution in [0.1, 0.15) is 15.9 Å². The van der Waals surface area contributed by atoms with Crippen LogP contribution in [0.15, 0.2) is 54.6 Å². The van der Waals surface area contributed by atoms with Crippen LogP contribution in [0.3, 0.4) is 0 Å². The smallest absolute Gasteiger partial charge is 0.273 e. The molecule has 0 bridgehead atoms. The molecule has 2 aromatic carbocycles. The van der Waals surface area contributed by atoms with E-state index in [4.69, 9.17) is 4.74 Å². The lowest BCUT2D eigenvalue weighted by Crippen LogP contribution is -2.49. The lowest BCUT2D eigenvalue weighted by molar-refractivity contribution is -0.385. The van der Waals surface area contributed by atoms with Crippen LogP contribution < -0.4 is 9.64 Å². The summed E-state index contributed by atoms with van der Waals surface area (Å²) in [5.74, 6) is 1.27. The van der Waals surface area contributed by atoms with Crippen molar-refractivity contribution in [3.63, 3.8) is 0 Å². The number of methoxy groups -OCH3 is 1. The van der Waals surface area contributed by atoms with Gasteiger partial charge in [0, 0.05) is 48.9 Å². The number of carbonyl (C=O) groups excluding carboxylic acids is 1. The Labute approximate surface area is 185 Å². The summed E-state index contributed by atoms with van der Waals surface area (Å²) in [6.07, 6.45) is 0. The molecule has 0 N–H and O–H groups in total. The van der Waals surface area contributed by atoms with Crippen LogP contribution in [-0.2, 0) is 0 Å². The SMILES string of the molecule is COc1ccccc1-c1ccc(N2CCN(C(=O)c3ccc(C)c([N+](=O)[O-])c3)CC2)nn1. The number of hydrogen-bond donors (Lipinski definition) is 0. The first kappa shape index (κ1) is 21.2. The van der Waals surface area contributed by atoms with E-state index in [0.29, 0.717) is 37.3 Å². The van der Waals surface area contributed by atoms with Crippen LogP contribution in [0, 0.1) is 17.0 Å². The van der Waals surface area contributed by atoms with E-state index in [-0.39, 0.29) is 11.6 Å². The number of aryl methyl sites for hydroxylation is 1. The molecule has 9 heteroatoms. The lowest BCUT2D eigenvalue weighted by atomic mass is 10.1. The van der Waals surface area contributed by atoms with Gasteiger partial charge in [-0.1, -0.05) is 18.2 Å². The molecule has 0 unspecified atom stereocenters. The van der Waals surface area contributed by atoms with Gasteiger partial charge in [-0.3, -0.25) is 14.9 Å². The summed E-state index contributed by atoms with van der Waals surface area (Å²) in [5, 5.41) is 19.9. The summed E-state index contributed by atoms with van der Waals surface area (Å²) in [6, 6.07) is 16.1. The highest BCUT2D eigenvalue weighted by Gasteiger charge is 2.25. The van der Waals surface area contributed by atoms with Crippen molar-refractivity contribution >= 4 is 17.4 Å². The molecule has 0 aliphatic carbocycles. The summed E-state index contributed by atoms with van der Waals surface area (Å²) in [5.41, 5.74) is 2.42. The number of aromatic nitrogens is 2. The van der Waals surface area contributed by atoms with Gasteiger partial charge in [-0.05, 0) is 37.3 Å². The second-order valence-electron chi connectivity index (χ2n) is 7.51. The van der Waals surface area contributed by atoms with Crippen molar-refractivity contribution in [1.82, 2.24) is 15.1 Å². The second-order valence-corrected chi connectivity index (χ2v) is 7.51. The van der Waals surface area contributed by atoms with Gasteiger partial charge in [-0.25, -0.2) is 0 Å². The van der Waals surface area contributed by atoms with Crippen LogP contribution in [0.4, 0.5) is 11.5 Å². The maximum atomic E-state index is 12.8. The van der Waals surface area contributed by atoms with Crippen molar-refractivity contribution in [2.75, 3.05) is 38.2 Å². The molecule has 1 amide bonds. The number of amides is 1. The molecule has 0 atom stereocenters. The van der Waals surface area contributed by atoms with Gasteiger partial charge in [0.2, 0.25) is 0 Å². The zero-order valence-corrected chi connectivity index (χ0v) is 17.9. The Morgan fingerprint density at radius 2 is 1.78 bits per heavy atom. The molecule has 164 valence electrons. The zero-order chi connectivity index (χ0) is 22.7. The maximum Gasteiger partial charge on any atom is 0.273 e. The summed E-state index contributed by atoms with van der Waals surface area (Å²) in [4.78, 5) is 27.3. The minimum atomic E-state index is -0.461. The molecule has 1 aromatic heterocycles. The number of para-hydroxylation sites is 1. The molecule has 0 spiro atoms. The molecule has 1 aliphatic heterocycles. The highest BCUT2D eigenvalue weighted by Crippen LogP contribution is 2.28. The highest BCUT2D eigenvalue weighted by molar-refractivity contribution is 5.95. The largest absolute Gasteiger partial charge is 0.496 e. The average molecular weight is 433 g/mol. The predicted molar refractivity (Wildman–Crippen MR) is 120 cm³/mol. The molecule has 2 heterocycles. The Balaban J connectivity index is 1.42. The van der Waals surface area contributed by atoms with Crippen LogP contribution >= 0.6 is 0 Å². The molecular weight excluding hydrogens is 410 g/mol. The predicted octanol–water partition coefficient (Wildman–Crippen LogP) is 3.33. The molecule has 1 saturated heterocycles. The first-order chi connectivity index (χ1) is 15.5. The number of nitro benzene ring substituents is 1. The molecule has 32 heavy (non-hydrogen) atoms. The first-order valence-electron chi connectivity index (χ1n) is 10.2. The molecule has 0 radical (unpaired) electrons. The number of anilines is 1. The molecule has 0 saturated carbocycles.